The molecule has 7 heteroatoms. The second kappa shape index (κ2) is 9.28. The second-order valence-corrected chi connectivity index (χ2v) is 7.78. The van der Waals surface area contributed by atoms with E-state index in [-0.39, 0.29) is 11.7 Å². The minimum atomic E-state index is -2.83. The number of halogens is 2. The zero-order valence-corrected chi connectivity index (χ0v) is 16.1. The maximum atomic E-state index is 12.8. The van der Waals surface area contributed by atoms with Crippen molar-refractivity contribution >= 4 is 17.2 Å². The highest BCUT2D eigenvalue weighted by Crippen LogP contribution is 2.31. The van der Waals surface area contributed by atoms with E-state index >= 15 is 0 Å². The highest BCUT2D eigenvalue weighted by atomic mass is 32.1. The van der Waals surface area contributed by atoms with Crippen LogP contribution in [0.2, 0.25) is 0 Å². The van der Waals surface area contributed by atoms with E-state index in [1.54, 1.807) is 12.1 Å². The summed E-state index contributed by atoms with van der Waals surface area (Å²) < 4.78 is 28.8. The third kappa shape index (κ3) is 5.26. The van der Waals surface area contributed by atoms with Crippen molar-refractivity contribution in [2.45, 2.75) is 25.9 Å². The number of rotatable bonds is 7. The number of likely N-dealkylation sites (tertiary alicyclic amines) is 1. The van der Waals surface area contributed by atoms with Gasteiger partial charge in [0.25, 0.3) is 5.91 Å². The Morgan fingerprint density at radius 1 is 1.22 bits per heavy atom. The molecule has 0 aliphatic carbocycles. The van der Waals surface area contributed by atoms with Crippen molar-refractivity contribution in [1.82, 2.24) is 10.2 Å². The number of hydrogen-bond acceptors (Lipinski definition) is 4. The number of nitrogens with one attached hydrogen (secondary N) is 1. The summed E-state index contributed by atoms with van der Waals surface area (Å²) in [6.07, 6.45) is 3.27. The van der Waals surface area contributed by atoms with Crippen LogP contribution in [0.1, 0.15) is 28.9 Å². The molecule has 4 nitrogen and oxygen atoms in total. The molecule has 3 rings (SSSR count). The van der Waals surface area contributed by atoms with Crippen LogP contribution in [0.4, 0.5) is 8.78 Å². The van der Waals surface area contributed by atoms with Gasteiger partial charge in [-0.2, -0.15) is 8.78 Å². The molecule has 0 saturated carbocycles. The molecular weight excluding hydrogens is 370 g/mol. The van der Waals surface area contributed by atoms with Gasteiger partial charge in [0.1, 0.15) is 5.75 Å². The standard InChI is InChI=1S/C20H24F2N2O2S/c1-23-11-8-14-9-12-24(13-10-14)19(25)18-7-6-17(27-18)15-2-4-16(5-3-15)26-20(21)22/h2-7,14,20,23H,8-13H2,1H3. The van der Waals surface area contributed by atoms with Gasteiger partial charge in [0.05, 0.1) is 4.88 Å². The van der Waals surface area contributed by atoms with E-state index in [4.69, 9.17) is 0 Å². The van der Waals surface area contributed by atoms with Crippen LogP contribution in [0.25, 0.3) is 10.4 Å². The zero-order valence-electron chi connectivity index (χ0n) is 15.3. The molecule has 0 bridgehead atoms. The number of carbonyl (C=O) groups is 1. The third-order valence-corrected chi connectivity index (χ3v) is 6.01. The maximum absolute atomic E-state index is 12.8. The Morgan fingerprint density at radius 2 is 1.93 bits per heavy atom. The lowest BCUT2D eigenvalue weighted by molar-refractivity contribution is -0.0498. The molecule has 0 unspecified atom stereocenters. The van der Waals surface area contributed by atoms with E-state index in [0.29, 0.717) is 10.8 Å². The molecule has 0 atom stereocenters. The van der Waals surface area contributed by atoms with E-state index < -0.39 is 6.61 Å². The summed E-state index contributed by atoms with van der Waals surface area (Å²) in [6.45, 7) is -0.196. The molecule has 27 heavy (non-hydrogen) atoms. The van der Waals surface area contributed by atoms with Gasteiger partial charge in [-0.15, -0.1) is 11.3 Å². The summed E-state index contributed by atoms with van der Waals surface area (Å²) in [7, 11) is 1.96. The molecule has 2 aromatic rings. The molecule has 146 valence electrons. The van der Waals surface area contributed by atoms with Gasteiger partial charge in [-0.3, -0.25) is 4.79 Å². The van der Waals surface area contributed by atoms with Gasteiger partial charge in [-0.05, 0) is 80.7 Å². The van der Waals surface area contributed by atoms with Crippen LogP contribution in [0.3, 0.4) is 0 Å². The van der Waals surface area contributed by atoms with Gasteiger partial charge < -0.3 is 15.0 Å². The number of thiophene rings is 1. The Bertz CT molecular complexity index is 741. The first-order chi connectivity index (χ1) is 13.1. The molecule has 1 N–H and O–H groups in total. The third-order valence-electron chi connectivity index (χ3n) is 4.89. The summed E-state index contributed by atoms with van der Waals surface area (Å²) in [5.74, 6) is 0.896. The maximum Gasteiger partial charge on any atom is 0.387 e. The number of piperidine rings is 1. The van der Waals surface area contributed by atoms with Crippen LogP contribution in [0.5, 0.6) is 5.75 Å². The van der Waals surface area contributed by atoms with Crippen molar-refractivity contribution in [3.63, 3.8) is 0 Å². The number of alkyl halides is 2. The fraction of sp³-hybridized carbons (Fsp3) is 0.450. The average Bonchev–Trinajstić information content (AvgIpc) is 3.16. The van der Waals surface area contributed by atoms with Gasteiger partial charge in [-0.25, -0.2) is 0 Å². The van der Waals surface area contributed by atoms with Gasteiger partial charge >= 0.3 is 6.61 Å². The van der Waals surface area contributed by atoms with E-state index in [9.17, 15) is 13.6 Å². The molecule has 1 saturated heterocycles. The molecule has 1 aromatic heterocycles. The van der Waals surface area contributed by atoms with E-state index in [1.807, 2.05) is 24.1 Å². The normalized spacial score (nSPS) is 15.3. The molecule has 1 aliphatic heterocycles. The summed E-state index contributed by atoms with van der Waals surface area (Å²) in [4.78, 5) is 16.3. The molecule has 0 radical (unpaired) electrons. The van der Waals surface area contributed by atoms with Crippen molar-refractivity contribution in [2.24, 2.45) is 5.92 Å². The fourth-order valence-corrected chi connectivity index (χ4v) is 4.32. The highest BCUT2D eigenvalue weighted by molar-refractivity contribution is 7.17. The van der Waals surface area contributed by atoms with Crippen LogP contribution in [-0.2, 0) is 0 Å². The topological polar surface area (TPSA) is 41.6 Å². The van der Waals surface area contributed by atoms with Crippen LogP contribution >= 0.6 is 11.3 Å². The van der Waals surface area contributed by atoms with Gasteiger partial charge in [0, 0.05) is 18.0 Å². The summed E-state index contributed by atoms with van der Waals surface area (Å²) in [5.41, 5.74) is 0.881. The number of ether oxygens (including phenoxy) is 1. The van der Waals surface area contributed by atoms with Crippen molar-refractivity contribution in [3.05, 3.63) is 41.3 Å². The second-order valence-electron chi connectivity index (χ2n) is 6.69. The van der Waals surface area contributed by atoms with Crippen LogP contribution in [0.15, 0.2) is 36.4 Å². The van der Waals surface area contributed by atoms with Crippen molar-refractivity contribution in [1.29, 1.82) is 0 Å². The first-order valence-corrected chi connectivity index (χ1v) is 9.97. The predicted molar refractivity (Wildman–Crippen MR) is 104 cm³/mol. The highest BCUT2D eigenvalue weighted by Gasteiger charge is 2.24. The Kier molecular flexibility index (Phi) is 6.79. The molecule has 0 spiro atoms. The Morgan fingerprint density at radius 3 is 2.56 bits per heavy atom. The SMILES string of the molecule is CNCCC1CCN(C(=O)c2ccc(-c3ccc(OC(F)F)cc3)s2)CC1. The lowest BCUT2D eigenvalue weighted by Gasteiger charge is -2.31. The first-order valence-electron chi connectivity index (χ1n) is 9.16. The number of carbonyl (C=O) groups excluding carboxylic acids is 1. The number of nitrogens with zero attached hydrogens (tertiary/aromatic N) is 1. The van der Waals surface area contributed by atoms with Gasteiger partial charge in [0.15, 0.2) is 0 Å². The fourth-order valence-electron chi connectivity index (χ4n) is 3.34. The Balaban J connectivity index is 1.59. The van der Waals surface area contributed by atoms with Gasteiger partial charge in [-0.1, -0.05) is 0 Å². The summed E-state index contributed by atoms with van der Waals surface area (Å²) in [5, 5.41) is 3.18. The number of hydrogen-bond donors (Lipinski definition) is 1. The Labute approximate surface area is 162 Å². The van der Waals surface area contributed by atoms with E-state index in [0.717, 1.165) is 49.3 Å². The average molecular weight is 394 g/mol. The molecule has 1 fully saturated rings. The van der Waals surface area contributed by atoms with E-state index in [2.05, 4.69) is 10.1 Å². The Hall–Kier alpha value is -1.99. The van der Waals surface area contributed by atoms with Crippen LogP contribution in [-0.4, -0.2) is 44.1 Å². The summed E-state index contributed by atoms with van der Waals surface area (Å²) in [6, 6.07) is 10.2. The predicted octanol–water partition coefficient (Wildman–Crippen LogP) is 4.48. The van der Waals surface area contributed by atoms with Crippen LogP contribution in [0, 0.1) is 5.92 Å². The number of benzene rings is 1. The first kappa shape index (κ1) is 19.8. The molecule has 1 amide bonds. The van der Waals surface area contributed by atoms with Crippen molar-refractivity contribution in [3.8, 4) is 16.2 Å². The van der Waals surface area contributed by atoms with Crippen molar-refractivity contribution < 1.29 is 18.3 Å². The minimum Gasteiger partial charge on any atom is -0.435 e. The van der Waals surface area contributed by atoms with Gasteiger partial charge in [0.2, 0.25) is 0 Å². The lowest BCUT2D eigenvalue weighted by atomic mass is 9.93. The van der Waals surface area contributed by atoms with Crippen molar-refractivity contribution in [2.75, 3.05) is 26.7 Å². The molecule has 1 aliphatic rings. The monoisotopic (exact) mass is 394 g/mol. The molecule has 1 aromatic carbocycles. The largest absolute Gasteiger partial charge is 0.435 e. The van der Waals surface area contributed by atoms with Crippen LogP contribution < -0.4 is 10.1 Å². The summed E-state index contributed by atoms with van der Waals surface area (Å²) >= 11 is 1.43. The smallest absolute Gasteiger partial charge is 0.387 e. The lowest BCUT2D eigenvalue weighted by Crippen LogP contribution is -2.38. The quantitative estimate of drug-likeness (QED) is 0.753. The minimum absolute atomic E-state index is 0.0796. The molecule has 2 heterocycles. The molecular formula is C20H24F2N2O2S. The zero-order chi connectivity index (χ0) is 19.2. The number of amides is 1. The van der Waals surface area contributed by atoms with E-state index in [1.165, 1.54) is 23.5 Å².